The summed E-state index contributed by atoms with van der Waals surface area (Å²) >= 11 is 0. The standard InChI is InChI=1S/C13H24N6.HI/c1-14-13(15-8-4-5-11-6-7-11)18(2)9-12-16-10-17-19(12)3;/h10-11H,4-9H2,1-3H3,(H,14,15);1H. The van der Waals surface area contributed by atoms with Crippen LogP contribution in [0.15, 0.2) is 11.3 Å². The first-order valence-corrected chi connectivity index (χ1v) is 6.95. The van der Waals surface area contributed by atoms with Crippen molar-refractivity contribution in [1.29, 1.82) is 0 Å². The van der Waals surface area contributed by atoms with Crippen molar-refractivity contribution >= 4 is 29.9 Å². The van der Waals surface area contributed by atoms with Crippen LogP contribution in [0.5, 0.6) is 0 Å². The van der Waals surface area contributed by atoms with E-state index < -0.39 is 0 Å². The zero-order chi connectivity index (χ0) is 13.7. The van der Waals surface area contributed by atoms with Crippen LogP contribution in [-0.4, -0.2) is 46.3 Å². The van der Waals surface area contributed by atoms with E-state index in [-0.39, 0.29) is 24.0 Å². The van der Waals surface area contributed by atoms with Gasteiger partial charge >= 0.3 is 0 Å². The van der Waals surface area contributed by atoms with Crippen LogP contribution in [0.3, 0.4) is 0 Å². The van der Waals surface area contributed by atoms with Crippen LogP contribution in [0.4, 0.5) is 0 Å². The lowest BCUT2D eigenvalue weighted by Gasteiger charge is -2.21. The Hall–Kier alpha value is -0.860. The van der Waals surface area contributed by atoms with Gasteiger partial charge in [0.15, 0.2) is 5.96 Å². The number of hydrogen-bond acceptors (Lipinski definition) is 3. The molecule has 1 heterocycles. The van der Waals surface area contributed by atoms with Gasteiger partial charge < -0.3 is 10.2 Å². The molecule has 6 nitrogen and oxygen atoms in total. The van der Waals surface area contributed by atoms with Gasteiger partial charge in [-0.25, -0.2) is 4.98 Å². The van der Waals surface area contributed by atoms with E-state index in [1.54, 1.807) is 11.0 Å². The highest BCUT2D eigenvalue weighted by Crippen LogP contribution is 2.33. The van der Waals surface area contributed by atoms with E-state index in [4.69, 9.17) is 0 Å². The van der Waals surface area contributed by atoms with Gasteiger partial charge in [0.05, 0.1) is 6.54 Å². The number of nitrogens with zero attached hydrogens (tertiary/aromatic N) is 5. The van der Waals surface area contributed by atoms with Crippen molar-refractivity contribution in [2.75, 3.05) is 20.6 Å². The second-order valence-electron chi connectivity index (χ2n) is 5.22. The van der Waals surface area contributed by atoms with Gasteiger partial charge in [0.2, 0.25) is 0 Å². The Morgan fingerprint density at radius 3 is 2.85 bits per heavy atom. The Kier molecular flexibility index (Phi) is 7.25. The van der Waals surface area contributed by atoms with Crippen molar-refractivity contribution in [2.24, 2.45) is 18.0 Å². The second-order valence-corrected chi connectivity index (χ2v) is 5.22. The van der Waals surface area contributed by atoms with Crippen molar-refractivity contribution in [3.05, 3.63) is 12.2 Å². The number of nitrogens with one attached hydrogen (secondary N) is 1. The van der Waals surface area contributed by atoms with Gasteiger partial charge in [-0.1, -0.05) is 12.8 Å². The normalized spacial score (nSPS) is 14.8. The number of aromatic nitrogens is 3. The van der Waals surface area contributed by atoms with Crippen LogP contribution < -0.4 is 5.32 Å². The number of aryl methyl sites for hydroxylation is 1. The maximum atomic E-state index is 4.30. The number of hydrogen-bond donors (Lipinski definition) is 1. The highest BCUT2D eigenvalue weighted by atomic mass is 127. The lowest BCUT2D eigenvalue weighted by molar-refractivity contribution is 0.447. The number of aliphatic imine (C=N–C) groups is 1. The van der Waals surface area contributed by atoms with Crippen molar-refractivity contribution in [3.8, 4) is 0 Å². The van der Waals surface area contributed by atoms with Crippen molar-refractivity contribution in [3.63, 3.8) is 0 Å². The second kappa shape index (κ2) is 8.43. The largest absolute Gasteiger partial charge is 0.356 e. The van der Waals surface area contributed by atoms with Gasteiger partial charge in [-0.2, -0.15) is 5.10 Å². The van der Waals surface area contributed by atoms with E-state index >= 15 is 0 Å². The van der Waals surface area contributed by atoms with Gasteiger partial charge in [-0.05, 0) is 18.8 Å². The highest BCUT2D eigenvalue weighted by Gasteiger charge is 2.20. The average molecular weight is 392 g/mol. The van der Waals surface area contributed by atoms with Gasteiger partial charge in [0, 0.05) is 27.7 Å². The molecule has 1 N–H and O–H groups in total. The van der Waals surface area contributed by atoms with Crippen LogP contribution in [0.1, 0.15) is 31.5 Å². The smallest absolute Gasteiger partial charge is 0.193 e. The Labute approximate surface area is 138 Å². The van der Waals surface area contributed by atoms with Gasteiger partial charge in [-0.3, -0.25) is 9.67 Å². The molecule has 0 aromatic carbocycles. The van der Waals surface area contributed by atoms with E-state index in [2.05, 4.69) is 25.3 Å². The van der Waals surface area contributed by atoms with Gasteiger partial charge in [0.1, 0.15) is 12.2 Å². The van der Waals surface area contributed by atoms with Crippen LogP contribution in [-0.2, 0) is 13.6 Å². The minimum atomic E-state index is 0. The molecule has 1 aliphatic rings. The molecule has 1 aliphatic carbocycles. The summed E-state index contributed by atoms with van der Waals surface area (Å²) in [6.45, 7) is 1.70. The fourth-order valence-corrected chi connectivity index (χ4v) is 2.13. The van der Waals surface area contributed by atoms with Crippen LogP contribution in [0.25, 0.3) is 0 Å². The van der Waals surface area contributed by atoms with E-state index in [0.717, 1.165) is 24.2 Å². The molecular weight excluding hydrogens is 367 g/mol. The third kappa shape index (κ3) is 5.26. The summed E-state index contributed by atoms with van der Waals surface area (Å²) in [5.41, 5.74) is 0. The van der Waals surface area contributed by atoms with Crippen molar-refractivity contribution < 1.29 is 0 Å². The first kappa shape index (κ1) is 17.2. The van der Waals surface area contributed by atoms with E-state index in [0.29, 0.717) is 6.54 Å². The zero-order valence-electron chi connectivity index (χ0n) is 12.5. The first-order valence-electron chi connectivity index (χ1n) is 6.95. The quantitative estimate of drug-likeness (QED) is 0.346. The minimum Gasteiger partial charge on any atom is -0.356 e. The van der Waals surface area contributed by atoms with Crippen molar-refractivity contribution in [1.82, 2.24) is 25.0 Å². The summed E-state index contributed by atoms with van der Waals surface area (Å²) in [5, 5.41) is 7.48. The summed E-state index contributed by atoms with van der Waals surface area (Å²) in [7, 11) is 5.74. The molecular formula is C13H25IN6. The Morgan fingerprint density at radius 2 is 2.30 bits per heavy atom. The Balaban J connectivity index is 0.00000200. The molecule has 0 bridgehead atoms. The average Bonchev–Trinajstić information content (AvgIpc) is 3.14. The SMILES string of the molecule is CN=C(NCCCC1CC1)N(C)Cc1ncnn1C.I. The van der Waals surface area contributed by atoms with Gasteiger partial charge in [0.25, 0.3) is 0 Å². The summed E-state index contributed by atoms with van der Waals surface area (Å²) in [4.78, 5) is 10.6. The van der Waals surface area contributed by atoms with E-state index in [1.807, 2.05) is 21.1 Å². The molecule has 114 valence electrons. The molecule has 0 spiro atoms. The first-order chi connectivity index (χ1) is 9.20. The molecule has 7 heteroatoms. The molecule has 0 atom stereocenters. The summed E-state index contributed by atoms with van der Waals surface area (Å²) in [5.74, 6) is 2.85. The molecule has 1 saturated carbocycles. The molecule has 20 heavy (non-hydrogen) atoms. The number of guanidine groups is 1. The lowest BCUT2D eigenvalue weighted by Crippen LogP contribution is -2.39. The summed E-state index contributed by atoms with van der Waals surface area (Å²) < 4.78 is 1.79. The predicted octanol–water partition coefficient (Wildman–Crippen LogP) is 1.63. The Bertz CT molecular complexity index is 426. The minimum absolute atomic E-state index is 0. The fraction of sp³-hybridized carbons (Fsp3) is 0.769. The van der Waals surface area contributed by atoms with Gasteiger partial charge in [-0.15, -0.1) is 24.0 Å². The lowest BCUT2D eigenvalue weighted by atomic mass is 10.2. The fourth-order valence-electron chi connectivity index (χ4n) is 2.13. The molecule has 1 aromatic rings. The third-order valence-electron chi connectivity index (χ3n) is 3.53. The monoisotopic (exact) mass is 392 g/mol. The van der Waals surface area contributed by atoms with Crippen LogP contribution in [0, 0.1) is 5.92 Å². The predicted molar refractivity (Wildman–Crippen MR) is 91.2 cm³/mol. The maximum absolute atomic E-state index is 4.30. The molecule has 1 fully saturated rings. The van der Waals surface area contributed by atoms with E-state index in [9.17, 15) is 0 Å². The molecule has 0 aliphatic heterocycles. The topological polar surface area (TPSA) is 58.3 Å². The zero-order valence-corrected chi connectivity index (χ0v) is 14.9. The van der Waals surface area contributed by atoms with E-state index in [1.165, 1.54) is 25.7 Å². The molecule has 0 radical (unpaired) electrons. The maximum Gasteiger partial charge on any atom is 0.193 e. The number of halogens is 1. The highest BCUT2D eigenvalue weighted by molar-refractivity contribution is 14.0. The van der Waals surface area contributed by atoms with Crippen molar-refractivity contribution in [2.45, 2.75) is 32.2 Å². The molecule has 0 saturated heterocycles. The molecule has 0 unspecified atom stereocenters. The molecule has 1 aromatic heterocycles. The summed E-state index contributed by atoms with van der Waals surface area (Å²) in [6.07, 6.45) is 7.01. The Morgan fingerprint density at radius 1 is 1.55 bits per heavy atom. The van der Waals surface area contributed by atoms with Crippen LogP contribution in [0.2, 0.25) is 0 Å². The molecule has 0 amide bonds. The summed E-state index contributed by atoms with van der Waals surface area (Å²) in [6, 6.07) is 0. The third-order valence-corrected chi connectivity index (χ3v) is 3.53. The molecule has 2 rings (SSSR count). The number of rotatable bonds is 6. The van der Waals surface area contributed by atoms with Crippen LogP contribution >= 0.6 is 24.0 Å².